The highest BCUT2D eigenvalue weighted by molar-refractivity contribution is 7.13. The maximum absolute atomic E-state index is 8.75. The van der Waals surface area contributed by atoms with Gasteiger partial charge in [-0.05, 0) is 30.2 Å². The average Bonchev–Trinajstić information content (AvgIpc) is 2.86. The van der Waals surface area contributed by atoms with Gasteiger partial charge in [0.25, 0.3) is 0 Å². The molecule has 1 heterocycles. The Morgan fingerprint density at radius 1 is 1.47 bits per heavy atom. The fourth-order valence-electron chi connectivity index (χ4n) is 1.65. The molecule has 0 saturated heterocycles. The van der Waals surface area contributed by atoms with Crippen LogP contribution in [0.2, 0.25) is 0 Å². The molecule has 17 heavy (non-hydrogen) atoms. The van der Waals surface area contributed by atoms with Gasteiger partial charge in [0.1, 0.15) is 16.8 Å². The third-order valence-electron chi connectivity index (χ3n) is 2.53. The van der Waals surface area contributed by atoms with Crippen LogP contribution in [0.5, 0.6) is 5.75 Å². The summed E-state index contributed by atoms with van der Waals surface area (Å²) in [7, 11) is 1.67. The first-order chi connectivity index (χ1) is 8.28. The van der Waals surface area contributed by atoms with Gasteiger partial charge in [-0.3, -0.25) is 0 Å². The van der Waals surface area contributed by atoms with E-state index in [9.17, 15) is 0 Å². The molecule has 0 N–H and O–H groups in total. The SMILES string of the molecule is CCc1cc(-c2nc(C#N)cs2)ccc1OC. The van der Waals surface area contributed by atoms with E-state index in [1.165, 1.54) is 11.3 Å². The van der Waals surface area contributed by atoms with Crippen molar-refractivity contribution in [1.29, 1.82) is 5.26 Å². The Bertz CT molecular complexity index is 569. The molecule has 0 bridgehead atoms. The second kappa shape index (κ2) is 4.98. The van der Waals surface area contributed by atoms with E-state index >= 15 is 0 Å². The molecule has 0 fully saturated rings. The third-order valence-corrected chi connectivity index (χ3v) is 3.42. The summed E-state index contributed by atoms with van der Waals surface area (Å²) in [5, 5.41) is 11.4. The van der Waals surface area contributed by atoms with E-state index in [1.54, 1.807) is 12.5 Å². The maximum atomic E-state index is 8.75. The van der Waals surface area contributed by atoms with Gasteiger partial charge < -0.3 is 4.74 Å². The second-order valence-corrected chi connectivity index (χ2v) is 4.39. The van der Waals surface area contributed by atoms with Crippen LogP contribution in [0.1, 0.15) is 18.2 Å². The molecule has 0 atom stereocenters. The van der Waals surface area contributed by atoms with Crippen LogP contribution in [-0.2, 0) is 6.42 Å². The first-order valence-electron chi connectivity index (χ1n) is 5.31. The summed E-state index contributed by atoms with van der Waals surface area (Å²) in [5.41, 5.74) is 2.66. The quantitative estimate of drug-likeness (QED) is 0.832. The van der Waals surface area contributed by atoms with Gasteiger partial charge >= 0.3 is 0 Å². The highest BCUT2D eigenvalue weighted by atomic mass is 32.1. The minimum absolute atomic E-state index is 0.471. The highest BCUT2D eigenvalue weighted by Gasteiger charge is 2.07. The van der Waals surface area contributed by atoms with Crippen molar-refractivity contribution in [3.63, 3.8) is 0 Å². The molecule has 0 aliphatic rings. The molecule has 2 rings (SSSR count). The lowest BCUT2D eigenvalue weighted by atomic mass is 10.1. The Balaban J connectivity index is 2.43. The molecule has 4 heteroatoms. The van der Waals surface area contributed by atoms with E-state index in [1.807, 2.05) is 18.2 Å². The predicted octanol–water partition coefficient (Wildman–Crippen LogP) is 3.25. The number of ether oxygens (including phenoxy) is 1. The minimum atomic E-state index is 0.471. The largest absolute Gasteiger partial charge is 0.496 e. The molecular weight excluding hydrogens is 232 g/mol. The van der Waals surface area contributed by atoms with Gasteiger partial charge in [0.15, 0.2) is 5.69 Å². The first kappa shape index (κ1) is 11.6. The monoisotopic (exact) mass is 244 g/mol. The van der Waals surface area contributed by atoms with E-state index in [0.29, 0.717) is 5.69 Å². The van der Waals surface area contributed by atoms with Gasteiger partial charge in [-0.15, -0.1) is 11.3 Å². The molecule has 0 spiro atoms. The molecule has 86 valence electrons. The lowest BCUT2D eigenvalue weighted by Gasteiger charge is -2.07. The number of methoxy groups -OCH3 is 1. The number of rotatable bonds is 3. The summed E-state index contributed by atoms with van der Waals surface area (Å²) in [6.07, 6.45) is 0.910. The topological polar surface area (TPSA) is 45.9 Å². The Morgan fingerprint density at radius 3 is 2.88 bits per heavy atom. The Hall–Kier alpha value is -1.86. The van der Waals surface area contributed by atoms with Crippen molar-refractivity contribution in [2.24, 2.45) is 0 Å². The summed E-state index contributed by atoms with van der Waals surface area (Å²) in [6, 6.07) is 8.03. The molecule has 3 nitrogen and oxygen atoms in total. The van der Waals surface area contributed by atoms with Crippen molar-refractivity contribution < 1.29 is 4.74 Å². The fraction of sp³-hybridized carbons (Fsp3) is 0.231. The lowest BCUT2D eigenvalue weighted by molar-refractivity contribution is 0.410. The van der Waals surface area contributed by atoms with Crippen molar-refractivity contribution in [3.8, 4) is 22.4 Å². The summed E-state index contributed by atoms with van der Waals surface area (Å²) >= 11 is 1.49. The molecule has 0 aliphatic heterocycles. The van der Waals surface area contributed by atoms with Gasteiger partial charge in [0.2, 0.25) is 0 Å². The maximum Gasteiger partial charge on any atom is 0.152 e. The van der Waals surface area contributed by atoms with E-state index in [-0.39, 0.29) is 0 Å². The van der Waals surface area contributed by atoms with Gasteiger partial charge in [0.05, 0.1) is 7.11 Å². The van der Waals surface area contributed by atoms with E-state index in [4.69, 9.17) is 10.00 Å². The third kappa shape index (κ3) is 2.29. The number of hydrogen-bond donors (Lipinski definition) is 0. The van der Waals surface area contributed by atoms with Gasteiger partial charge in [-0.1, -0.05) is 6.92 Å². The number of hydrogen-bond acceptors (Lipinski definition) is 4. The van der Waals surface area contributed by atoms with Crippen LogP contribution >= 0.6 is 11.3 Å². The summed E-state index contributed by atoms with van der Waals surface area (Å²) < 4.78 is 5.28. The Labute approximate surface area is 104 Å². The molecular formula is C13H12N2OS. The number of aryl methyl sites for hydroxylation is 1. The minimum Gasteiger partial charge on any atom is -0.496 e. The van der Waals surface area contributed by atoms with Crippen molar-refractivity contribution in [3.05, 3.63) is 34.8 Å². The van der Waals surface area contributed by atoms with Crippen molar-refractivity contribution in [2.45, 2.75) is 13.3 Å². The van der Waals surface area contributed by atoms with Crippen LogP contribution in [0.25, 0.3) is 10.6 Å². The number of aromatic nitrogens is 1. The zero-order valence-electron chi connectivity index (χ0n) is 9.73. The smallest absolute Gasteiger partial charge is 0.152 e. The van der Waals surface area contributed by atoms with Crippen LogP contribution in [0.4, 0.5) is 0 Å². The second-order valence-electron chi connectivity index (χ2n) is 3.53. The molecule has 2 aromatic rings. The Kier molecular flexibility index (Phi) is 3.40. The van der Waals surface area contributed by atoms with Crippen LogP contribution in [0.15, 0.2) is 23.6 Å². The zero-order chi connectivity index (χ0) is 12.3. The molecule has 1 aromatic heterocycles. The normalized spacial score (nSPS) is 9.94. The van der Waals surface area contributed by atoms with Crippen molar-refractivity contribution >= 4 is 11.3 Å². The zero-order valence-corrected chi connectivity index (χ0v) is 10.5. The van der Waals surface area contributed by atoms with Gasteiger partial charge in [-0.2, -0.15) is 5.26 Å². The lowest BCUT2D eigenvalue weighted by Crippen LogP contribution is -1.91. The standard InChI is InChI=1S/C13H12N2OS/c1-3-9-6-10(4-5-12(9)16-2)13-15-11(7-14)8-17-13/h4-6,8H,3H2,1-2H3. The predicted molar refractivity (Wildman–Crippen MR) is 68.2 cm³/mol. The summed E-state index contributed by atoms with van der Waals surface area (Å²) in [6.45, 7) is 2.09. The number of nitriles is 1. The van der Waals surface area contributed by atoms with E-state index < -0.39 is 0 Å². The van der Waals surface area contributed by atoms with Gasteiger partial charge in [-0.25, -0.2) is 4.98 Å². The average molecular weight is 244 g/mol. The molecule has 0 amide bonds. The molecule has 0 saturated carbocycles. The van der Waals surface area contributed by atoms with Crippen LogP contribution < -0.4 is 4.74 Å². The summed E-state index contributed by atoms with van der Waals surface area (Å²) in [4.78, 5) is 4.25. The molecule has 0 radical (unpaired) electrons. The molecule has 0 aliphatic carbocycles. The fourth-order valence-corrected chi connectivity index (χ4v) is 2.39. The number of benzene rings is 1. The van der Waals surface area contributed by atoms with Gasteiger partial charge in [0, 0.05) is 10.9 Å². The highest BCUT2D eigenvalue weighted by Crippen LogP contribution is 2.28. The van der Waals surface area contributed by atoms with E-state index in [0.717, 1.165) is 28.3 Å². The molecule has 0 unspecified atom stereocenters. The van der Waals surface area contributed by atoms with Crippen molar-refractivity contribution in [2.75, 3.05) is 7.11 Å². The van der Waals surface area contributed by atoms with Crippen LogP contribution in [-0.4, -0.2) is 12.1 Å². The van der Waals surface area contributed by atoms with E-state index in [2.05, 4.69) is 18.0 Å². The molecule has 1 aromatic carbocycles. The summed E-state index contributed by atoms with van der Waals surface area (Å²) in [5.74, 6) is 0.897. The van der Waals surface area contributed by atoms with Crippen molar-refractivity contribution in [1.82, 2.24) is 4.98 Å². The first-order valence-corrected chi connectivity index (χ1v) is 6.19. The van der Waals surface area contributed by atoms with Crippen LogP contribution in [0, 0.1) is 11.3 Å². The number of nitrogens with zero attached hydrogens (tertiary/aromatic N) is 2. The number of thiazole rings is 1. The van der Waals surface area contributed by atoms with Crippen LogP contribution in [0.3, 0.4) is 0 Å². The Morgan fingerprint density at radius 2 is 2.29 bits per heavy atom.